The molecule has 1 heterocycles. The van der Waals surface area contributed by atoms with Crippen LogP contribution in [0.3, 0.4) is 0 Å². The summed E-state index contributed by atoms with van der Waals surface area (Å²) in [6.07, 6.45) is -4.72. The number of anilines is 1. The predicted molar refractivity (Wildman–Crippen MR) is 108 cm³/mol. The van der Waals surface area contributed by atoms with Crippen LogP contribution in [0.2, 0.25) is 0 Å². The number of alkyl halides is 3. The standard InChI is InChI=1S/C22H20F4N4O2/c1-28(2)21(32)19-13-29(15-8-7-14(12-27)17(11-15)22(24,25)26)9-10-30(19)20(31)16-5-3-4-6-18(16)23/h3-8,11,19H,9-10,13H2,1-2H3. The second-order valence-electron chi connectivity index (χ2n) is 7.51. The largest absolute Gasteiger partial charge is 0.417 e. The number of hydrogen-bond acceptors (Lipinski definition) is 4. The first kappa shape index (κ1) is 23.1. The van der Waals surface area contributed by atoms with Crippen molar-refractivity contribution in [1.82, 2.24) is 9.80 Å². The minimum absolute atomic E-state index is 0.00122. The van der Waals surface area contributed by atoms with Gasteiger partial charge in [0.2, 0.25) is 5.91 Å². The normalized spacial score (nSPS) is 16.5. The minimum atomic E-state index is -4.72. The monoisotopic (exact) mass is 448 g/mol. The molecular formula is C22H20F4N4O2. The number of piperazine rings is 1. The number of benzene rings is 2. The summed E-state index contributed by atoms with van der Waals surface area (Å²) in [5, 5.41) is 9.00. The first-order chi connectivity index (χ1) is 15.0. The van der Waals surface area contributed by atoms with Gasteiger partial charge in [-0.05, 0) is 30.3 Å². The maximum atomic E-state index is 14.2. The molecule has 0 radical (unpaired) electrons. The second-order valence-corrected chi connectivity index (χ2v) is 7.51. The molecule has 1 aliphatic rings. The molecule has 6 nitrogen and oxygen atoms in total. The molecule has 0 bridgehead atoms. The predicted octanol–water partition coefficient (Wildman–Crippen LogP) is 3.14. The Labute approximate surface area is 182 Å². The van der Waals surface area contributed by atoms with Gasteiger partial charge in [0.1, 0.15) is 11.9 Å². The van der Waals surface area contributed by atoms with E-state index in [9.17, 15) is 27.2 Å². The van der Waals surface area contributed by atoms with Crippen LogP contribution in [0.25, 0.3) is 0 Å². The Morgan fingerprint density at radius 3 is 2.41 bits per heavy atom. The third kappa shape index (κ3) is 4.51. The lowest BCUT2D eigenvalue weighted by Gasteiger charge is -2.42. The fraction of sp³-hybridized carbons (Fsp3) is 0.318. The van der Waals surface area contributed by atoms with Crippen molar-refractivity contribution < 1.29 is 27.2 Å². The van der Waals surface area contributed by atoms with Crippen molar-refractivity contribution in [2.24, 2.45) is 0 Å². The summed E-state index contributed by atoms with van der Waals surface area (Å²) in [6, 6.07) is 9.22. The van der Waals surface area contributed by atoms with Gasteiger partial charge in [0.25, 0.3) is 5.91 Å². The van der Waals surface area contributed by atoms with Crippen molar-refractivity contribution >= 4 is 17.5 Å². The van der Waals surface area contributed by atoms with Gasteiger partial charge in [-0.1, -0.05) is 12.1 Å². The van der Waals surface area contributed by atoms with Crippen LogP contribution in [0.4, 0.5) is 23.2 Å². The van der Waals surface area contributed by atoms with E-state index in [-0.39, 0.29) is 30.9 Å². The molecule has 0 spiro atoms. The van der Waals surface area contributed by atoms with Crippen LogP contribution >= 0.6 is 0 Å². The van der Waals surface area contributed by atoms with Crippen LogP contribution in [0.15, 0.2) is 42.5 Å². The van der Waals surface area contributed by atoms with Gasteiger partial charge in [0, 0.05) is 39.4 Å². The van der Waals surface area contributed by atoms with Crippen LogP contribution in [-0.2, 0) is 11.0 Å². The Balaban J connectivity index is 1.95. The van der Waals surface area contributed by atoms with Gasteiger partial charge in [0.15, 0.2) is 0 Å². The Morgan fingerprint density at radius 2 is 1.81 bits per heavy atom. The van der Waals surface area contributed by atoms with E-state index in [0.29, 0.717) is 0 Å². The number of nitriles is 1. The average molecular weight is 448 g/mol. The first-order valence-corrected chi connectivity index (χ1v) is 9.67. The van der Waals surface area contributed by atoms with Crippen LogP contribution in [0, 0.1) is 17.1 Å². The number of carbonyl (C=O) groups excluding carboxylic acids is 2. The highest BCUT2D eigenvalue weighted by atomic mass is 19.4. The molecule has 1 unspecified atom stereocenters. The number of halogens is 4. The molecule has 2 aromatic rings. The van der Waals surface area contributed by atoms with Gasteiger partial charge in [-0.3, -0.25) is 9.59 Å². The highest BCUT2D eigenvalue weighted by molar-refractivity contribution is 5.98. The van der Waals surface area contributed by atoms with Gasteiger partial charge >= 0.3 is 6.18 Å². The van der Waals surface area contributed by atoms with Gasteiger partial charge in [-0.2, -0.15) is 18.4 Å². The van der Waals surface area contributed by atoms with E-state index in [0.717, 1.165) is 18.2 Å². The number of rotatable bonds is 3. The Hall–Kier alpha value is -3.61. The molecule has 10 heteroatoms. The molecule has 0 aromatic heterocycles. The van der Waals surface area contributed by atoms with E-state index in [2.05, 4.69) is 0 Å². The second kappa shape index (κ2) is 8.86. The molecule has 0 aliphatic carbocycles. The minimum Gasteiger partial charge on any atom is -0.367 e. The van der Waals surface area contributed by atoms with Crippen LogP contribution in [0.1, 0.15) is 21.5 Å². The number of likely N-dealkylation sites (N-methyl/N-ethyl adjacent to an activating group) is 1. The zero-order valence-electron chi connectivity index (χ0n) is 17.4. The smallest absolute Gasteiger partial charge is 0.367 e. The van der Waals surface area contributed by atoms with Crippen LogP contribution in [-0.4, -0.2) is 61.4 Å². The molecule has 3 rings (SSSR count). The van der Waals surface area contributed by atoms with Crippen molar-refractivity contribution in [3.63, 3.8) is 0 Å². The molecule has 1 atom stereocenters. The molecule has 0 N–H and O–H groups in total. The summed E-state index contributed by atoms with van der Waals surface area (Å²) in [5.41, 5.74) is -1.59. The molecule has 0 saturated carbocycles. The molecule has 1 aliphatic heterocycles. The Kier molecular flexibility index (Phi) is 6.39. The van der Waals surface area contributed by atoms with Crippen molar-refractivity contribution in [2.75, 3.05) is 38.6 Å². The number of carbonyl (C=O) groups is 2. The lowest BCUT2D eigenvalue weighted by Crippen LogP contribution is -2.60. The fourth-order valence-electron chi connectivity index (χ4n) is 3.62. The first-order valence-electron chi connectivity index (χ1n) is 9.67. The highest BCUT2D eigenvalue weighted by Crippen LogP contribution is 2.35. The van der Waals surface area contributed by atoms with Crippen molar-refractivity contribution in [3.8, 4) is 6.07 Å². The SMILES string of the molecule is CN(C)C(=O)C1CN(c2ccc(C#N)c(C(F)(F)F)c2)CCN1C(=O)c1ccccc1F. The summed E-state index contributed by atoms with van der Waals surface area (Å²) < 4.78 is 54.3. The van der Waals surface area contributed by atoms with E-state index in [4.69, 9.17) is 5.26 Å². The van der Waals surface area contributed by atoms with Crippen LogP contribution < -0.4 is 4.90 Å². The molecule has 168 valence electrons. The van der Waals surface area contributed by atoms with Gasteiger partial charge in [0.05, 0.1) is 22.8 Å². The van der Waals surface area contributed by atoms with E-state index in [1.807, 2.05) is 0 Å². The maximum absolute atomic E-state index is 14.2. The van der Waals surface area contributed by atoms with Crippen molar-refractivity contribution in [3.05, 3.63) is 65.0 Å². The van der Waals surface area contributed by atoms with E-state index < -0.39 is 41.0 Å². The van der Waals surface area contributed by atoms with Crippen molar-refractivity contribution in [2.45, 2.75) is 12.2 Å². The van der Waals surface area contributed by atoms with Gasteiger partial charge in [-0.15, -0.1) is 0 Å². The zero-order chi connectivity index (χ0) is 23.6. The van der Waals surface area contributed by atoms with Gasteiger partial charge in [-0.25, -0.2) is 4.39 Å². The summed E-state index contributed by atoms with van der Waals surface area (Å²) in [4.78, 5) is 29.9. The fourth-order valence-corrected chi connectivity index (χ4v) is 3.62. The lowest BCUT2D eigenvalue weighted by molar-refractivity contribution is -0.138. The summed E-state index contributed by atoms with van der Waals surface area (Å²) in [6.45, 7) is 0.0414. The summed E-state index contributed by atoms with van der Waals surface area (Å²) in [7, 11) is 2.99. The Bertz CT molecular complexity index is 1080. The molecule has 1 fully saturated rings. The summed E-state index contributed by atoms with van der Waals surface area (Å²) >= 11 is 0. The highest BCUT2D eigenvalue weighted by Gasteiger charge is 2.39. The van der Waals surface area contributed by atoms with E-state index in [1.54, 1.807) is 4.90 Å². The van der Waals surface area contributed by atoms with Gasteiger partial charge < -0.3 is 14.7 Å². The zero-order valence-corrected chi connectivity index (χ0v) is 17.4. The molecule has 2 amide bonds. The maximum Gasteiger partial charge on any atom is 0.417 e. The topological polar surface area (TPSA) is 67.7 Å². The molecule has 32 heavy (non-hydrogen) atoms. The van der Waals surface area contributed by atoms with E-state index in [1.165, 1.54) is 54.2 Å². The Morgan fingerprint density at radius 1 is 1.12 bits per heavy atom. The lowest BCUT2D eigenvalue weighted by atomic mass is 10.0. The van der Waals surface area contributed by atoms with Crippen LogP contribution in [0.5, 0.6) is 0 Å². The molecule has 1 saturated heterocycles. The third-order valence-electron chi connectivity index (χ3n) is 5.27. The number of amides is 2. The molecule has 2 aromatic carbocycles. The summed E-state index contributed by atoms with van der Waals surface area (Å²) in [5.74, 6) is -1.83. The van der Waals surface area contributed by atoms with Crippen molar-refractivity contribution in [1.29, 1.82) is 5.26 Å². The number of hydrogen-bond donors (Lipinski definition) is 0. The number of nitrogens with zero attached hydrogens (tertiary/aromatic N) is 4. The third-order valence-corrected chi connectivity index (χ3v) is 5.27. The molecular weight excluding hydrogens is 428 g/mol. The van der Waals surface area contributed by atoms with E-state index >= 15 is 0 Å². The quantitative estimate of drug-likeness (QED) is 0.677. The average Bonchev–Trinajstić information content (AvgIpc) is 2.77.